The number of rotatable bonds is 1. The lowest BCUT2D eigenvalue weighted by Gasteiger charge is -1.95. The Kier molecular flexibility index (Phi) is 2.27. The Balaban J connectivity index is 2.41. The smallest absolute Gasteiger partial charge is 0.183 e. The third-order valence-corrected chi connectivity index (χ3v) is 1.58. The Labute approximate surface area is 60.3 Å². The van der Waals surface area contributed by atoms with Crippen LogP contribution >= 0.6 is 0 Å². The maximum absolute atomic E-state index is 8.33. The van der Waals surface area contributed by atoms with Gasteiger partial charge in [0.15, 0.2) is 5.90 Å². The van der Waals surface area contributed by atoms with E-state index in [0.29, 0.717) is 6.42 Å². The molecule has 54 valence electrons. The molecule has 0 amide bonds. The second-order valence-electron chi connectivity index (χ2n) is 2.28. The lowest BCUT2D eigenvalue weighted by molar-refractivity contribution is 0.395. The van der Waals surface area contributed by atoms with Gasteiger partial charge in [-0.1, -0.05) is 0 Å². The summed E-state index contributed by atoms with van der Waals surface area (Å²) in [7, 11) is 1.62. The van der Waals surface area contributed by atoms with Crippen LogP contribution in [0, 0.1) is 11.3 Å². The van der Waals surface area contributed by atoms with E-state index in [1.165, 1.54) is 0 Å². The molecule has 0 aromatic rings. The molecule has 0 aliphatic carbocycles. The second kappa shape index (κ2) is 3.21. The molecule has 3 heteroatoms. The summed E-state index contributed by atoms with van der Waals surface area (Å²) in [6, 6.07) is 2.29. The summed E-state index contributed by atoms with van der Waals surface area (Å²) in [4.78, 5) is 4.17. The van der Waals surface area contributed by atoms with Gasteiger partial charge in [0.05, 0.1) is 25.6 Å². The van der Waals surface area contributed by atoms with Gasteiger partial charge in [0.1, 0.15) is 0 Å². The molecule has 10 heavy (non-hydrogen) atoms. The molecule has 0 aromatic heterocycles. The third kappa shape index (κ3) is 1.47. The number of hydrogen-bond donors (Lipinski definition) is 0. The Morgan fingerprint density at radius 3 is 3.20 bits per heavy atom. The fraction of sp³-hybridized carbons (Fsp3) is 0.714. The normalized spacial score (nSPS) is 23.6. The molecule has 1 aliphatic rings. The van der Waals surface area contributed by atoms with Crippen molar-refractivity contribution in [1.82, 2.24) is 0 Å². The summed E-state index contributed by atoms with van der Waals surface area (Å²) in [5, 5.41) is 8.33. The maximum Gasteiger partial charge on any atom is 0.183 e. The van der Waals surface area contributed by atoms with Gasteiger partial charge in [-0.2, -0.15) is 5.26 Å². The first-order valence-electron chi connectivity index (χ1n) is 3.34. The SMILES string of the molecule is COC1=NC(CC#N)CC1. The van der Waals surface area contributed by atoms with E-state index in [1.54, 1.807) is 7.11 Å². The topological polar surface area (TPSA) is 45.4 Å². The molecule has 0 bridgehead atoms. The number of hydrogen-bond acceptors (Lipinski definition) is 3. The van der Waals surface area contributed by atoms with Gasteiger partial charge >= 0.3 is 0 Å². The van der Waals surface area contributed by atoms with E-state index in [2.05, 4.69) is 11.1 Å². The minimum atomic E-state index is 0.194. The summed E-state index contributed by atoms with van der Waals surface area (Å²) in [6.07, 6.45) is 2.38. The zero-order valence-electron chi connectivity index (χ0n) is 6.00. The van der Waals surface area contributed by atoms with Crippen LogP contribution in [0.3, 0.4) is 0 Å². The van der Waals surface area contributed by atoms with E-state index in [-0.39, 0.29) is 6.04 Å². The molecule has 0 saturated heterocycles. The number of ether oxygens (including phenoxy) is 1. The molecule has 1 rings (SSSR count). The molecule has 1 heterocycles. The highest BCUT2D eigenvalue weighted by Gasteiger charge is 2.16. The highest BCUT2D eigenvalue weighted by Crippen LogP contribution is 2.15. The van der Waals surface area contributed by atoms with Crippen molar-refractivity contribution in [1.29, 1.82) is 5.26 Å². The van der Waals surface area contributed by atoms with Crippen LogP contribution in [0.5, 0.6) is 0 Å². The second-order valence-corrected chi connectivity index (χ2v) is 2.28. The fourth-order valence-electron chi connectivity index (χ4n) is 1.03. The van der Waals surface area contributed by atoms with Crippen LogP contribution < -0.4 is 0 Å². The van der Waals surface area contributed by atoms with Crippen LogP contribution in [-0.2, 0) is 4.74 Å². The van der Waals surface area contributed by atoms with Crippen molar-refractivity contribution in [3.05, 3.63) is 0 Å². The highest BCUT2D eigenvalue weighted by molar-refractivity contribution is 5.77. The molecular formula is C7H10N2O. The molecule has 3 nitrogen and oxygen atoms in total. The summed E-state index contributed by atoms with van der Waals surface area (Å²) in [5.74, 6) is 0.792. The molecule has 1 aliphatic heterocycles. The van der Waals surface area contributed by atoms with E-state index >= 15 is 0 Å². The van der Waals surface area contributed by atoms with Crippen molar-refractivity contribution >= 4 is 5.90 Å². The van der Waals surface area contributed by atoms with Crippen molar-refractivity contribution in [3.8, 4) is 6.07 Å². The minimum Gasteiger partial charge on any atom is -0.484 e. The van der Waals surface area contributed by atoms with Crippen LogP contribution in [0.2, 0.25) is 0 Å². The lowest BCUT2D eigenvalue weighted by atomic mass is 10.2. The molecule has 0 radical (unpaired) electrons. The Bertz CT molecular complexity index is 181. The first kappa shape index (κ1) is 7.07. The molecule has 1 atom stereocenters. The van der Waals surface area contributed by atoms with Gasteiger partial charge in [0, 0.05) is 6.42 Å². The molecule has 0 aromatic carbocycles. The number of nitriles is 1. The predicted molar refractivity (Wildman–Crippen MR) is 37.7 cm³/mol. The lowest BCUT2D eigenvalue weighted by Crippen LogP contribution is -1.96. The van der Waals surface area contributed by atoms with Crippen LogP contribution in [0.1, 0.15) is 19.3 Å². The Hall–Kier alpha value is -1.04. The summed E-state index contributed by atoms with van der Waals surface area (Å²) in [6.45, 7) is 0. The third-order valence-electron chi connectivity index (χ3n) is 1.58. The van der Waals surface area contributed by atoms with Crippen LogP contribution in [0.25, 0.3) is 0 Å². The zero-order chi connectivity index (χ0) is 7.40. The summed E-state index contributed by atoms with van der Waals surface area (Å²) in [5.41, 5.74) is 0. The van der Waals surface area contributed by atoms with Crippen LogP contribution in [0.15, 0.2) is 4.99 Å². The van der Waals surface area contributed by atoms with Gasteiger partial charge in [-0.05, 0) is 6.42 Å². The van der Waals surface area contributed by atoms with E-state index < -0.39 is 0 Å². The van der Waals surface area contributed by atoms with E-state index in [4.69, 9.17) is 10.00 Å². The minimum absolute atomic E-state index is 0.194. The fourth-order valence-corrected chi connectivity index (χ4v) is 1.03. The van der Waals surface area contributed by atoms with Crippen LogP contribution in [-0.4, -0.2) is 19.0 Å². The van der Waals surface area contributed by atoms with Gasteiger partial charge < -0.3 is 4.74 Å². The van der Waals surface area contributed by atoms with Gasteiger partial charge in [-0.15, -0.1) is 0 Å². The Morgan fingerprint density at radius 1 is 1.90 bits per heavy atom. The average Bonchev–Trinajstić information content (AvgIpc) is 2.37. The number of aliphatic imine (C=N–C) groups is 1. The first-order chi connectivity index (χ1) is 4.86. The zero-order valence-corrected chi connectivity index (χ0v) is 6.00. The summed E-state index contributed by atoms with van der Waals surface area (Å²) >= 11 is 0. The predicted octanol–water partition coefficient (Wildman–Crippen LogP) is 1.11. The first-order valence-corrected chi connectivity index (χ1v) is 3.34. The average molecular weight is 138 g/mol. The Morgan fingerprint density at radius 2 is 2.70 bits per heavy atom. The van der Waals surface area contributed by atoms with Gasteiger partial charge in [-0.25, -0.2) is 0 Å². The van der Waals surface area contributed by atoms with E-state index in [9.17, 15) is 0 Å². The van der Waals surface area contributed by atoms with E-state index in [0.717, 1.165) is 18.7 Å². The molecule has 0 spiro atoms. The van der Waals surface area contributed by atoms with Crippen LogP contribution in [0.4, 0.5) is 0 Å². The molecule has 0 fully saturated rings. The van der Waals surface area contributed by atoms with E-state index in [1.807, 2.05) is 0 Å². The number of methoxy groups -OCH3 is 1. The molecule has 1 unspecified atom stereocenters. The highest BCUT2D eigenvalue weighted by atomic mass is 16.5. The van der Waals surface area contributed by atoms with Gasteiger partial charge in [0.2, 0.25) is 0 Å². The van der Waals surface area contributed by atoms with Gasteiger partial charge in [0.25, 0.3) is 0 Å². The quantitative estimate of drug-likeness (QED) is 0.544. The largest absolute Gasteiger partial charge is 0.484 e. The van der Waals surface area contributed by atoms with Crippen molar-refractivity contribution in [3.63, 3.8) is 0 Å². The maximum atomic E-state index is 8.33. The monoisotopic (exact) mass is 138 g/mol. The molecule has 0 N–H and O–H groups in total. The van der Waals surface area contributed by atoms with Crippen molar-refractivity contribution in [2.75, 3.05) is 7.11 Å². The molecule has 0 saturated carbocycles. The van der Waals surface area contributed by atoms with Gasteiger partial charge in [-0.3, -0.25) is 4.99 Å². The van der Waals surface area contributed by atoms with Crippen molar-refractivity contribution in [2.24, 2.45) is 4.99 Å². The molecular weight excluding hydrogens is 128 g/mol. The standard InChI is InChI=1S/C7H10N2O/c1-10-7-3-2-6(9-7)4-5-8/h6H,2-4H2,1H3. The number of nitrogens with zero attached hydrogens (tertiary/aromatic N) is 2. The van der Waals surface area contributed by atoms with Crippen molar-refractivity contribution < 1.29 is 4.74 Å². The summed E-state index contributed by atoms with van der Waals surface area (Å²) < 4.78 is 4.93. The van der Waals surface area contributed by atoms with Crippen molar-refractivity contribution in [2.45, 2.75) is 25.3 Å².